The molecule has 0 radical (unpaired) electrons. The normalized spacial score (nSPS) is 10.8. The molecule has 0 aliphatic carbocycles. The van der Waals surface area contributed by atoms with Crippen LogP contribution in [0.1, 0.15) is 11.1 Å². The minimum Gasteiger partial charge on any atom is -0.425 e. The molecule has 0 saturated heterocycles. The van der Waals surface area contributed by atoms with E-state index < -0.39 is 5.97 Å². The Kier molecular flexibility index (Phi) is 5.47. The molecule has 0 atom stereocenters. The summed E-state index contributed by atoms with van der Waals surface area (Å²) in [6.45, 7) is -0.0890. The molecular formula is C18H15NO3. The number of carbonyl (C=O) groups is 1. The summed E-state index contributed by atoms with van der Waals surface area (Å²) in [5.41, 5.74) is 2.29. The lowest BCUT2D eigenvalue weighted by molar-refractivity contribution is -0.138. The molecule has 0 spiro atoms. The molecule has 2 aromatic carbocycles. The minimum absolute atomic E-state index is 0.0890. The molecule has 0 N–H and O–H groups in total. The van der Waals surface area contributed by atoms with Gasteiger partial charge in [-0.05, 0) is 29.3 Å². The Hall–Kier alpha value is -2.90. The Labute approximate surface area is 129 Å². The van der Waals surface area contributed by atoms with Gasteiger partial charge in [0, 0.05) is 7.11 Å². The van der Waals surface area contributed by atoms with Crippen molar-refractivity contribution in [2.24, 2.45) is 0 Å². The van der Waals surface area contributed by atoms with Gasteiger partial charge in [-0.15, -0.1) is 0 Å². The molecule has 0 aliphatic heterocycles. The SMILES string of the molecule is COCC(=O)Oc1ccc(/C=C(/C#N)c2ccccc2)cc1. The summed E-state index contributed by atoms with van der Waals surface area (Å²) in [5, 5.41) is 9.27. The third-order valence-corrected chi connectivity index (χ3v) is 2.89. The molecule has 4 nitrogen and oxygen atoms in total. The van der Waals surface area contributed by atoms with Crippen LogP contribution < -0.4 is 4.74 Å². The van der Waals surface area contributed by atoms with Crippen LogP contribution in [0.5, 0.6) is 5.75 Å². The molecule has 2 aromatic rings. The number of benzene rings is 2. The Balaban J connectivity index is 2.15. The number of methoxy groups -OCH3 is 1. The molecule has 0 aliphatic rings. The zero-order valence-corrected chi connectivity index (χ0v) is 12.2. The van der Waals surface area contributed by atoms with E-state index in [0.29, 0.717) is 11.3 Å². The van der Waals surface area contributed by atoms with E-state index in [9.17, 15) is 10.1 Å². The van der Waals surface area contributed by atoms with Gasteiger partial charge in [-0.3, -0.25) is 0 Å². The zero-order valence-electron chi connectivity index (χ0n) is 12.2. The summed E-state index contributed by atoms with van der Waals surface area (Å²) in [7, 11) is 1.43. The van der Waals surface area contributed by atoms with Crippen LogP contribution in [0.3, 0.4) is 0 Å². The van der Waals surface area contributed by atoms with Crippen molar-refractivity contribution in [1.29, 1.82) is 5.26 Å². The first kappa shape index (κ1) is 15.5. The standard InChI is InChI=1S/C18H15NO3/c1-21-13-18(20)22-17-9-7-14(8-10-17)11-16(12-19)15-5-3-2-4-6-15/h2-11H,13H2,1H3/b16-11-. The van der Waals surface area contributed by atoms with E-state index in [4.69, 9.17) is 9.47 Å². The molecule has 0 saturated carbocycles. The van der Waals surface area contributed by atoms with Crippen LogP contribution in [0.4, 0.5) is 0 Å². The van der Waals surface area contributed by atoms with Gasteiger partial charge in [0.05, 0.1) is 11.6 Å². The van der Waals surface area contributed by atoms with Gasteiger partial charge in [0.25, 0.3) is 0 Å². The highest BCUT2D eigenvalue weighted by Crippen LogP contribution is 2.19. The second-order valence-corrected chi connectivity index (χ2v) is 4.51. The van der Waals surface area contributed by atoms with Gasteiger partial charge in [0.2, 0.25) is 0 Å². The van der Waals surface area contributed by atoms with Gasteiger partial charge in [0.1, 0.15) is 12.4 Å². The van der Waals surface area contributed by atoms with E-state index in [2.05, 4.69) is 6.07 Å². The van der Waals surface area contributed by atoms with Crippen molar-refractivity contribution in [2.45, 2.75) is 0 Å². The van der Waals surface area contributed by atoms with Crippen LogP contribution in [-0.2, 0) is 9.53 Å². The molecule has 0 heterocycles. The van der Waals surface area contributed by atoms with E-state index in [1.165, 1.54) is 7.11 Å². The summed E-state index contributed by atoms with van der Waals surface area (Å²) in [6.07, 6.45) is 1.79. The number of esters is 1. The monoisotopic (exact) mass is 293 g/mol. The highest BCUT2D eigenvalue weighted by atomic mass is 16.6. The smallest absolute Gasteiger partial charge is 0.337 e. The fourth-order valence-corrected chi connectivity index (χ4v) is 1.88. The number of nitrogens with zero attached hydrogens (tertiary/aromatic N) is 1. The summed E-state index contributed by atoms with van der Waals surface area (Å²) in [4.78, 5) is 11.3. The van der Waals surface area contributed by atoms with Crippen molar-refractivity contribution >= 4 is 17.6 Å². The Morgan fingerprint density at radius 2 is 1.82 bits per heavy atom. The van der Waals surface area contributed by atoms with E-state index in [1.807, 2.05) is 30.3 Å². The maximum Gasteiger partial charge on any atom is 0.337 e. The average molecular weight is 293 g/mol. The van der Waals surface area contributed by atoms with Crippen LogP contribution in [0.25, 0.3) is 11.6 Å². The highest BCUT2D eigenvalue weighted by Gasteiger charge is 2.04. The predicted molar refractivity (Wildman–Crippen MR) is 83.9 cm³/mol. The predicted octanol–water partition coefficient (Wildman–Crippen LogP) is 3.30. The van der Waals surface area contributed by atoms with Crippen LogP contribution in [0.15, 0.2) is 54.6 Å². The van der Waals surface area contributed by atoms with Crippen molar-refractivity contribution in [1.82, 2.24) is 0 Å². The number of carbonyl (C=O) groups excluding carboxylic acids is 1. The van der Waals surface area contributed by atoms with Gasteiger partial charge in [-0.1, -0.05) is 42.5 Å². The Morgan fingerprint density at radius 1 is 1.14 bits per heavy atom. The third-order valence-electron chi connectivity index (χ3n) is 2.89. The third kappa shape index (κ3) is 4.30. The second kappa shape index (κ2) is 7.77. The van der Waals surface area contributed by atoms with Crippen molar-refractivity contribution in [2.75, 3.05) is 13.7 Å². The first-order chi connectivity index (χ1) is 10.7. The van der Waals surface area contributed by atoms with Crippen LogP contribution in [0.2, 0.25) is 0 Å². The molecule has 2 rings (SSSR count). The first-order valence-electron chi connectivity index (χ1n) is 6.70. The lowest BCUT2D eigenvalue weighted by atomic mass is 10.0. The van der Waals surface area contributed by atoms with Gasteiger partial charge in [0.15, 0.2) is 0 Å². The van der Waals surface area contributed by atoms with Crippen LogP contribution in [0, 0.1) is 11.3 Å². The number of allylic oxidation sites excluding steroid dienone is 1. The van der Waals surface area contributed by atoms with Gasteiger partial charge in [-0.2, -0.15) is 5.26 Å². The fraction of sp³-hybridized carbons (Fsp3) is 0.111. The Morgan fingerprint density at radius 3 is 2.41 bits per heavy atom. The average Bonchev–Trinajstić information content (AvgIpc) is 2.55. The highest BCUT2D eigenvalue weighted by molar-refractivity contribution is 5.89. The maximum atomic E-state index is 11.3. The summed E-state index contributed by atoms with van der Waals surface area (Å²) < 4.78 is 9.77. The van der Waals surface area contributed by atoms with Crippen molar-refractivity contribution in [3.63, 3.8) is 0 Å². The zero-order chi connectivity index (χ0) is 15.8. The molecule has 0 aromatic heterocycles. The lowest BCUT2D eigenvalue weighted by Gasteiger charge is -2.04. The molecule has 0 unspecified atom stereocenters. The van der Waals surface area contributed by atoms with E-state index >= 15 is 0 Å². The lowest BCUT2D eigenvalue weighted by Crippen LogP contribution is -2.13. The fourth-order valence-electron chi connectivity index (χ4n) is 1.88. The molecule has 22 heavy (non-hydrogen) atoms. The first-order valence-corrected chi connectivity index (χ1v) is 6.70. The summed E-state index contributed by atoms with van der Waals surface area (Å²) >= 11 is 0. The number of rotatable bonds is 5. The molecule has 110 valence electrons. The van der Waals surface area contributed by atoms with Gasteiger partial charge >= 0.3 is 5.97 Å². The van der Waals surface area contributed by atoms with E-state index in [1.54, 1.807) is 30.3 Å². The van der Waals surface area contributed by atoms with E-state index in [-0.39, 0.29) is 6.61 Å². The molecule has 0 bridgehead atoms. The number of ether oxygens (including phenoxy) is 2. The number of hydrogen-bond acceptors (Lipinski definition) is 4. The second-order valence-electron chi connectivity index (χ2n) is 4.51. The van der Waals surface area contributed by atoms with Crippen molar-refractivity contribution in [3.05, 3.63) is 65.7 Å². The van der Waals surface area contributed by atoms with Gasteiger partial charge in [-0.25, -0.2) is 4.79 Å². The number of nitriles is 1. The summed E-state index contributed by atoms with van der Waals surface area (Å²) in [6, 6.07) is 18.6. The quantitative estimate of drug-likeness (QED) is 0.367. The van der Waals surface area contributed by atoms with E-state index in [0.717, 1.165) is 11.1 Å². The molecule has 0 amide bonds. The number of hydrogen-bond donors (Lipinski definition) is 0. The maximum absolute atomic E-state index is 11.3. The Bertz CT molecular complexity index is 697. The molecule has 0 fully saturated rings. The summed E-state index contributed by atoms with van der Waals surface area (Å²) in [5.74, 6) is -0.00906. The molecule has 4 heteroatoms. The van der Waals surface area contributed by atoms with Crippen LogP contribution in [-0.4, -0.2) is 19.7 Å². The van der Waals surface area contributed by atoms with Crippen LogP contribution >= 0.6 is 0 Å². The topological polar surface area (TPSA) is 59.3 Å². The van der Waals surface area contributed by atoms with Gasteiger partial charge < -0.3 is 9.47 Å². The molecular weight excluding hydrogens is 278 g/mol. The van der Waals surface area contributed by atoms with Crippen molar-refractivity contribution < 1.29 is 14.3 Å². The van der Waals surface area contributed by atoms with Crippen molar-refractivity contribution in [3.8, 4) is 11.8 Å². The largest absolute Gasteiger partial charge is 0.425 e. The minimum atomic E-state index is -0.451.